The molecular weight excluding hydrogens is 312 g/mol. The molecule has 0 saturated heterocycles. The molecule has 4 N–H and O–H groups in total. The van der Waals surface area contributed by atoms with E-state index in [0.29, 0.717) is 21.8 Å². The lowest BCUT2D eigenvalue weighted by molar-refractivity contribution is 0.282. The van der Waals surface area contributed by atoms with Gasteiger partial charge in [-0.1, -0.05) is 29.8 Å². The van der Waals surface area contributed by atoms with E-state index in [1.807, 2.05) is 0 Å². The number of nitrogens with two attached hydrogens (primary N) is 1. The van der Waals surface area contributed by atoms with Crippen molar-refractivity contribution in [3.8, 4) is 0 Å². The largest absolute Gasteiger partial charge is 0.392 e. The number of sulfonamides is 1. The molecule has 0 fully saturated rings. The molecule has 0 saturated carbocycles. The van der Waals surface area contributed by atoms with Crippen molar-refractivity contribution in [3.63, 3.8) is 0 Å². The third kappa shape index (κ3) is 3.74. The first-order valence-corrected chi connectivity index (χ1v) is 8.03. The minimum absolute atomic E-state index is 0.0657. The van der Waals surface area contributed by atoms with E-state index in [1.54, 1.807) is 30.3 Å². The van der Waals surface area contributed by atoms with Crippen LogP contribution in [-0.4, -0.2) is 13.5 Å². The van der Waals surface area contributed by atoms with Gasteiger partial charge in [-0.2, -0.15) is 0 Å². The zero-order chi connectivity index (χ0) is 15.5. The number of benzene rings is 2. The van der Waals surface area contributed by atoms with Gasteiger partial charge in [0, 0.05) is 17.3 Å². The second-order valence-corrected chi connectivity index (χ2v) is 6.51. The highest BCUT2D eigenvalue weighted by atomic mass is 35.5. The van der Waals surface area contributed by atoms with Crippen LogP contribution in [0.15, 0.2) is 47.4 Å². The van der Waals surface area contributed by atoms with Crippen LogP contribution in [0.5, 0.6) is 0 Å². The SMILES string of the molecule is NCc1ccc(S(=O)(=O)Nc2ccc(CO)cc2)cc1Cl. The Bertz CT molecular complexity index is 730. The zero-order valence-electron chi connectivity index (χ0n) is 11.1. The summed E-state index contributed by atoms with van der Waals surface area (Å²) in [6.07, 6.45) is 0. The lowest BCUT2D eigenvalue weighted by Gasteiger charge is -2.10. The van der Waals surface area contributed by atoms with Gasteiger partial charge < -0.3 is 10.8 Å². The number of aliphatic hydroxyl groups excluding tert-OH is 1. The molecule has 112 valence electrons. The van der Waals surface area contributed by atoms with Crippen molar-refractivity contribution in [2.75, 3.05) is 4.72 Å². The van der Waals surface area contributed by atoms with Crippen molar-refractivity contribution < 1.29 is 13.5 Å². The summed E-state index contributed by atoms with van der Waals surface area (Å²) in [5.74, 6) is 0. The van der Waals surface area contributed by atoms with E-state index < -0.39 is 10.0 Å². The van der Waals surface area contributed by atoms with Crippen LogP contribution in [0.3, 0.4) is 0 Å². The van der Waals surface area contributed by atoms with Crippen molar-refractivity contribution >= 4 is 27.3 Å². The summed E-state index contributed by atoms with van der Waals surface area (Å²) in [7, 11) is -3.72. The maximum atomic E-state index is 12.3. The van der Waals surface area contributed by atoms with E-state index >= 15 is 0 Å². The molecule has 0 spiro atoms. The van der Waals surface area contributed by atoms with Crippen LogP contribution in [0.2, 0.25) is 5.02 Å². The normalized spacial score (nSPS) is 11.4. The minimum atomic E-state index is -3.72. The second-order valence-electron chi connectivity index (χ2n) is 4.42. The summed E-state index contributed by atoms with van der Waals surface area (Å²) in [5, 5.41) is 9.27. The fraction of sp³-hybridized carbons (Fsp3) is 0.143. The molecule has 2 aromatic rings. The Morgan fingerprint density at radius 1 is 1.14 bits per heavy atom. The van der Waals surface area contributed by atoms with Gasteiger partial charge in [-0.05, 0) is 35.4 Å². The van der Waals surface area contributed by atoms with E-state index in [9.17, 15) is 8.42 Å². The molecule has 0 atom stereocenters. The summed E-state index contributed by atoms with van der Waals surface area (Å²) < 4.78 is 27.0. The van der Waals surface area contributed by atoms with Crippen molar-refractivity contribution in [1.82, 2.24) is 0 Å². The minimum Gasteiger partial charge on any atom is -0.392 e. The van der Waals surface area contributed by atoms with E-state index in [1.165, 1.54) is 12.1 Å². The highest BCUT2D eigenvalue weighted by Gasteiger charge is 2.15. The number of hydrogen-bond acceptors (Lipinski definition) is 4. The van der Waals surface area contributed by atoms with Crippen LogP contribution in [0.1, 0.15) is 11.1 Å². The predicted molar refractivity (Wildman–Crippen MR) is 82.5 cm³/mol. The lowest BCUT2D eigenvalue weighted by Crippen LogP contribution is -2.13. The Hall–Kier alpha value is -1.60. The Kier molecular flexibility index (Phi) is 4.84. The van der Waals surface area contributed by atoms with Crippen LogP contribution >= 0.6 is 11.6 Å². The number of hydrogen-bond donors (Lipinski definition) is 3. The van der Waals surface area contributed by atoms with Gasteiger partial charge in [0.1, 0.15) is 0 Å². The average Bonchev–Trinajstić information content (AvgIpc) is 2.47. The standard InChI is InChI=1S/C14H15ClN2O3S/c15-14-7-13(6-3-11(14)8-16)21(19,20)17-12-4-1-10(9-18)2-5-12/h1-7,17-18H,8-9,16H2. The number of anilines is 1. The van der Waals surface area contributed by atoms with Gasteiger partial charge in [-0.3, -0.25) is 4.72 Å². The van der Waals surface area contributed by atoms with Gasteiger partial charge in [-0.15, -0.1) is 0 Å². The highest BCUT2D eigenvalue weighted by Crippen LogP contribution is 2.22. The van der Waals surface area contributed by atoms with Crippen molar-refractivity contribution in [3.05, 3.63) is 58.6 Å². The molecule has 0 aliphatic rings. The fourth-order valence-corrected chi connectivity index (χ4v) is 3.16. The molecule has 0 radical (unpaired) electrons. The quantitative estimate of drug-likeness (QED) is 0.784. The van der Waals surface area contributed by atoms with Gasteiger partial charge in [0.05, 0.1) is 11.5 Å². The molecule has 0 bridgehead atoms. The topological polar surface area (TPSA) is 92.4 Å². The third-order valence-electron chi connectivity index (χ3n) is 2.94. The summed E-state index contributed by atoms with van der Waals surface area (Å²) >= 11 is 5.98. The molecule has 21 heavy (non-hydrogen) atoms. The molecule has 0 unspecified atom stereocenters. The average molecular weight is 327 g/mol. The van der Waals surface area contributed by atoms with Gasteiger partial charge >= 0.3 is 0 Å². The van der Waals surface area contributed by atoms with E-state index in [2.05, 4.69) is 4.72 Å². The summed E-state index contributed by atoms with van der Waals surface area (Å²) in [6, 6.07) is 10.9. The molecule has 0 aliphatic heterocycles. The van der Waals surface area contributed by atoms with Crippen LogP contribution in [0.4, 0.5) is 5.69 Å². The lowest BCUT2D eigenvalue weighted by atomic mass is 10.2. The summed E-state index contributed by atoms with van der Waals surface area (Å²) in [6.45, 7) is 0.151. The molecule has 7 heteroatoms. The van der Waals surface area contributed by atoms with E-state index in [0.717, 1.165) is 0 Å². The van der Waals surface area contributed by atoms with Crippen molar-refractivity contribution in [2.45, 2.75) is 18.0 Å². The van der Waals surface area contributed by atoms with Gasteiger partial charge in [0.2, 0.25) is 0 Å². The first-order valence-electron chi connectivity index (χ1n) is 6.17. The van der Waals surface area contributed by atoms with Gasteiger partial charge in [0.25, 0.3) is 10.0 Å². The number of nitrogens with one attached hydrogen (secondary N) is 1. The van der Waals surface area contributed by atoms with E-state index in [4.69, 9.17) is 22.4 Å². The molecule has 0 amide bonds. The first kappa shape index (κ1) is 15.8. The fourth-order valence-electron chi connectivity index (χ4n) is 1.75. The van der Waals surface area contributed by atoms with Crippen LogP contribution in [-0.2, 0) is 23.2 Å². The summed E-state index contributed by atoms with van der Waals surface area (Å²) in [5.41, 5.74) is 7.28. The highest BCUT2D eigenvalue weighted by molar-refractivity contribution is 7.92. The Balaban J connectivity index is 2.26. The van der Waals surface area contributed by atoms with Gasteiger partial charge in [0.15, 0.2) is 0 Å². The van der Waals surface area contributed by atoms with E-state index in [-0.39, 0.29) is 18.0 Å². The number of rotatable bonds is 5. The predicted octanol–water partition coefficient (Wildman–Crippen LogP) is 2.09. The zero-order valence-corrected chi connectivity index (χ0v) is 12.7. The molecule has 5 nitrogen and oxygen atoms in total. The van der Waals surface area contributed by atoms with Crippen molar-refractivity contribution in [2.24, 2.45) is 5.73 Å². The van der Waals surface area contributed by atoms with Crippen LogP contribution in [0.25, 0.3) is 0 Å². The third-order valence-corrected chi connectivity index (χ3v) is 4.67. The Morgan fingerprint density at radius 3 is 2.33 bits per heavy atom. The Morgan fingerprint density at radius 2 is 1.81 bits per heavy atom. The van der Waals surface area contributed by atoms with Crippen LogP contribution in [0, 0.1) is 0 Å². The number of aliphatic hydroxyl groups is 1. The maximum Gasteiger partial charge on any atom is 0.261 e. The molecule has 0 aliphatic carbocycles. The van der Waals surface area contributed by atoms with Crippen LogP contribution < -0.4 is 10.5 Å². The monoisotopic (exact) mass is 326 g/mol. The molecule has 2 rings (SSSR count). The first-order chi connectivity index (χ1) is 9.96. The van der Waals surface area contributed by atoms with Gasteiger partial charge in [-0.25, -0.2) is 8.42 Å². The van der Waals surface area contributed by atoms with Crippen molar-refractivity contribution in [1.29, 1.82) is 0 Å². The molecular formula is C14H15ClN2O3S. The second kappa shape index (κ2) is 6.44. The smallest absolute Gasteiger partial charge is 0.261 e. The Labute approximate surface area is 128 Å². The summed E-state index contributed by atoms with van der Waals surface area (Å²) in [4.78, 5) is 0.0657. The maximum absolute atomic E-state index is 12.3. The molecule has 0 aromatic heterocycles. The molecule has 2 aromatic carbocycles. The number of halogens is 1. The molecule has 0 heterocycles.